The Morgan fingerprint density at radius 3 is 2.40 bits per heavy atom. The lowest BCUT2D eigenvalue weighted by molar-refractivity contribution is -0.130. The lowest BCUT2D eigenvalue weighted by Gasteiger charge is -2.27. The molecular weight excluding hydrogens is 427 g/mol. The largest absolute Gasteiger partial charge is 0.357 e. The van der Waals surface area contributed by atoms with Crippen molar-refractivity contribution in [3.63, 3.8) is 0 Å². The van der Waals surface area contributed by atoms with E-state index in [1.54, 1.807) is 0 Å². The van der Waals surface area contributed by atoms with Gasteiger partial charge in [0.2, 0.25) is 5.91 Å². The van der Waals surface area contributed by atoms with Gasteiger partial charge in [0.25, 0.3) is 0 Å². The molecule has 140 valence electrons. The van der Waals surface area contributed by atoms with Gasteiger partial charge in [-0.2, -0.15) is 0 Å². The van der Waals surface area contributed by atoms with Crippen LogP contribution in [0.15, 0.2) is 29.3 Å². The fourth-order valence-electron chi connectivity index (χ4n) is 2.98. The molecule has 0 unspecified atom stereocenters. The number of nitrogens with one attached hydrogen (secondary N) is 2. The van der Waals surface area contributed by atoms with E-state index in [9.17, 15) is 4.79 Å². The first-order valence-electron chi connectivity index (χ1n) is 9.11. The third-order valence-corrected chi connectivity index (χ3v) is 4.37. The van der Waals surface area contributed by atoms with E-state index in [1.807, 2.05) is 17.9 Å². The van der Waals surface area contributed by atoms with E-state index in [1.165, 1.54) is 17.5 Å². The summed E-state index contributed by atoms with van der Waals surface area (Å²) in [6, 6.07) is 8.37. The van der Waals surface area contributed by atoms with E-state index in [0.717, 1.165) is 38.9 Å². The van der Waals surface area contributed by atoms with Gasteiger partial charge in [0.05, 0.1) is 13.1 Å². The van der Waals surface area contributed by atoms with Crippen molar-refractivity contribution in [2.75, 3.05) is 26.2 Å². The molecular formula is C19H31IN4O. The second-order valence-corrected chi connectivity index (χ2v) is 6.11. The molecule has 1 heterocycles. The number of hydrogen-bond donors (Lipinski definition) is 2. The van der Waals surface area contributed by atoms with E-state index >= 15 is 0 Å². The lowest BCUT2D eigenvalue weighted by Crippen LogP contribution is -2.46. The first kappa shape index (κ1) is 21.7. The van der Waals surface area contributed by atoms with Gasteiger partial charge in [-0.15, -0.1) is 24.0 Å². The van der Waals surface area contributed by atoms with Crippen LogP contribution in [0, 0.1) is 0 Å². The second-order valence-electron chi connectivity index (χ2n) is 6.11. The van der Waals surface area contributed by atoms with E-state index in [2.05, 4.69) is 40.7 Å². The second kappa shape index (κ2) is 12.1. The van der Waals surface area contributed by atoms with E-state index in [4.69, 9.17) is 0 Å². The summed E-state index contributed by atoms with van der Waals surface area (Å²) >= 11 is 0. The number of nitrogens with zero attached hydrogens (tertiary/aromatic N) is 2. The number of aryl methyl sites for hydroxylation is 1. The van der Waals surface area contributed by atoms with Crippen LogP contribution in [0.4, 0.5) is 0 Å². The number of aliphatic imine (C=N–C) groups is 1. The maximum absolute atomic E-state index is 12.3. The molecule has 1 aliphatic heterocycles. The van der Waals surface area contributed by atoms with Gasteiger partial charge < -0.3 is 15.5 Å². The minimum atomic E-state index is 0. The number of guanidine groups is 1. The molecule has 1 fully saturated rings. The third-order valence-electron chi connectivity index (χ3n) is 4.37. The highest BCUT2D eigenvalue weighted by Gasteiger charge is 2.16. The minimum absolute atomic E-state index is 0. The zero-order valence-electron chi connectivity index (χ0n) is 15.4. The quantitative estimate of drug-likeness (QED) is 0.392. The summed E-state index contributed by atoms with van der Waals surface area (Å²) in [6.07, 6.45) is 4.47. The van der Waals surface area contributed by atoms with Gasteiger partial charge in [0.1, 0.15) is 0 Å². The molecule has 2 N–H and O–H groups in total. The van der Waals surface area contributed by atoms with E-state index in [-0.39, 0.29) is 29.9 Å². The van der Waals surface area contributed by atoms with E-state index < -0.39 is 0 Å². The summed E-state index contributed by atoms with van der Waals surface area (Å²) in [5.74, 6) is 0.864. The number of carbonyl (C=O) groups is 1. The molecule has 1 aromatic carbocycles. The highest BCUT2D eigenvalue weighted by molar-refractivity contribution is 14.0. The van der Waals surface area contributed by atoms with Crippen molar-refractivity contribution in [3.8, 4) is 0 Å². The summed E-state index contributed by atoms with van der Waals surface area (Å²) in [5.41, 5.74) is 2.56. The maximum Gasteiger partial charge on any atom is 0.241 e. The highest BCUT2D eigenvalue weighted by Crippen LogP contribution is 2.10. The van der Waals surface area contributed by atoms with Crippen molar-refractivity contribution < 1.29 is 4.79 Å². The number of rotatable bonds is 6. The Balaban J connectivity index is 0.00000312. The predicted octanol–water partition coefficient (Wildman–Crippen LogP) is 2.93. The third kappa shape index (κ3) is 7.22. The maximum atomic E-state index is 12.3. The Kier molecular flexibility index (Phi) is 10.5. The number of likely N-dealkylation sites (tertiary alicyclic amines) is 1. The topological polar surface area (TPSA) is 56.7 Å². The zero-order valence-corrected chi connectivity index (χ0v) is 17.7. The molecule has 1 amide bonds. The SMILES string of the molecule is CCNC(=NCc1ccccc1CC)NCC(=O)N1CCCCC1.I. The number of hydrogen-bond acceptors (Lipinski definition) is 2. The molecule has 1 aliphatic rings. The van der Waals surface area contributed by atoms with Crippen LogP contribution in [0.5, 0.6) is 0 Å². The van der Waals surface area contributed by atoms with Crippen LogP contribution in [0.1, 0.15) is 44.2 Å². The molecule has 0 saturated carbocycles. The monoisotopic (exact) mass is 458 g/mol. The number of piperidine rings is 1. The number of benzene rings is 1. The number of amides is 1. The van der Waals surface area contributed by atoms with Gasteiger partial charge in [0.15, 0.2) is 5.96 Å². The van der Waals surface area contributed by atoms with Crippen LogP contribution >= 0.6 is 24.0 Å². The van der Waals surface area contributed by atoms with Crippen molar-refractivity contribution in [1.29, 1.82) is 0 Å². The molecule has 2 rings (SSSR count). The van der Waals surface area contributed by atoms with Crippen LogP contribution in [0.25, 0.3) is 0 Å². The van der Waals surface area contributed by atoms with Gasteiger partial charge in [-0.25, -0.2) is 4.99 Å². The zero-order chi connectivity index (χ0) is 17.2. The van der Waals surface area contributed by atoms with Gasteiger partial charge in [0, 0.05) is 19.6 Å². The number of halogens is 1. The van der Waals surface area contributed by atoms with Gasteiger partial charge >= 0.3 is 0 Å². The van der Waals surface area contributed by atoms with Crippen molar-refractivity contribution in [1.82, 2.24) is 15.5 Å². The van der Waals surface area contributed by atoms with Gasteiger partial charge in [-0.3, -0.25) is 4.79 Å². The van der Waals surface area contributed by atoms with Crippen LogP contribution in [-0.4, -0.2) is 42.9 Å². The minimum Gasteiger partial charge on any atom is -0.357 e. The van der Waals surface area contributed by atoms with E-state index in [0.29, 0.717) is 19.0 Å². The van der Waals surface area contributed by atoms with Crippen molar-refractivity contribution >= 4 is 35.8 Å². The molecule has 0 radical (unpaired) electrons. The molecule has 1 aromatic rings. The Morgan fingerprint density at radius 2 is 1.76 bits per heavy atom. The fourth-order valence-corrected chi connectivity index (χ4v) is 2.98. The lowest BCUT2D eigenvalue weighted by atomic mass is 10.1. The Hall–Kier alpha value is -1.31. The van der Waals surface area contributed by atoms with Crippen molar-refractivity contribution in [3.05, 3.63) is 35.4 Å². The molecule has 5 nitrogen and oxygen atoms in total. The van der Waals surface area contributed by atoms with Gasteiger partial charge in [-0.1, -0.05) is 31.2 Å². The fraction of sp³-hybridized carbons (Fsp3) is 0.579. The first-order valence-corrected chi connectivity index (χ1v) is 9.11. The van der Waals surface area contributed by atoms with Crippen LogP contribution in [0.2, 0.25) is 0 Å². The van der Waals surface area contributed by atoms with Gasteiger partial charge in [-0.05, 0) is 43.7 Å². The molecule has 25 heavy (non-hydrogen) atoms. The predicted molar refractivity (Wildman–Crippen MR) is 114 cm³/mol. The summed E-state index contributed by atoms with van der Waals surface area (Å²) < 4.78 is 0. The van der Waals surface area contributed by atoms with Crippen LogP contribution < -0.4 is 10.6 Å². The summed E-state index contributed by atoms with van der Waals surface area (Å²) in [7, 11) is 0. The molecule has 0 spiro atoms. The molecule has 1 saturated heterocycles. The number of carbonyl (C=O) groups excluding carboxylic acids is 1. The standard InChI is InChI=1S/C19H30N4O.HI/c1-3-16-10-6-7-11-17(16)14-21-19(20-4-2)22-15-18(24)23-12-8-5-9-13-23;/h6-7,10-11H,3-5,8-9,12-15H2,1-2H3,(H2,20,21,22);1H. The smallest absolute Gasteiger partial charge is 0.241 e. The molecule has 6 heteroatoms. The molecule has 0 bridgehead atoms. The molecule has 0 aromatic heterocycles. The molecule has 0 atom stereocenters. The Bertz CT molecular complexity index is 556. The summed E-state index contributed by atoms with van der Waals surface area (Å²) in [4.78, 5) is 18.8. The van der Waals surface area contributed by atoms with Crippen molar-refractivity contribution in [2.24, 2.45) is 4.99 Å². The molecule has 0 aliphatic carbocycles. The highest BCUT2D eigenvalue weighted by atomic mass is 127. The van der Waals surface area contributed by atoms with Crippen molar-refractivity contribution in [2.45, 2.75) is 46.1 Å². The Morgan fingerprint density at radius 1 is 1.08 bits per heavy atom. The van der Waals surface area contributed by atoms with Crippen LogP contribution in [-0.2, 0) is 17.8 Å². The average Bonchev–Trinajstić information content (AvgIpc) is 2.64. The summed E-state index contributed by atoms with van der Waals surface area (Å²) in [6.45, 7) is 7.67. The normalized spacial score (nSPS) is 14.6. The van der Waals surface area contributed by atoms with Crippen LogP contribution in [0.3, 0.4) is 0 Å². The average molecular weight is 458 g/mol. The summed E-state index contributed by atoms with van der Waals surface area (Å²) in [5, 5.41) is 6.39. The first-order chi connectivity index (χ1) is 11.7. The Labute approximate surface area is 168 Å².